The van der Waals surface area contributed by atoms with Crippen molar-refractivity contribution in [2.24, 2.45) is 0 Å². The zero-order valence-electron chi connectivity index (χ0n) is 13.5. The number of hydrogen-bond donors (Lipinski definition) is 1. The molecule has 0 saturated carbocycles. The minimum Gasteiger partial charge on any atom is -0.497 e. The average Bonchev–Trinajstić information content (AvgIpc) is 3.31. The number of ether oxygens (including phenoxy) is 1. The monoisotopic (exact) mass is 324 g/mol. The maximum Gasteiger partial charge on any atom is 0.222 e. The lowest BCUT2D eigenvalue weighted by Gasteiger charge is -2.19. The molecule has 0 aliphatic rings. The van der Waals surface area contributed by atoms with Crippen LogP contribution in [0.3, 0.4) is 0 Å². The molecule has 0 aliphatic carbocycles. The van der Waals surface area contributed by atoms with Gasteiger partial charge in [-0.25, -0.2) is 0 Å². The normalized spacial score (nSPS) is 11.9. The number of furan rings is 1. The molecule has 2 aromatic heterocycles. The lowest BCUT2D eigenvalue weighted by Crippen LogP contribution is -2.26. The molecule has 1 atom stereocenters. The van der Waals surface area contributed by atoms with Crippen LogP contribution < -0.4 is 10.1 Å². The SMILES string of the molecule is COc1ccc(C(CC(=O)NCc2ccco2)n2cccc2)cc1. The van der Waals surface area contributed by atoms with E-state index in [2.05, 4.69) is 5.32 Å². The molecular weight excluding hydrogens is 304 g/mol. The van der Waals surface area contributed by atoms with Crippen LogP contribution in [0.2, 0.25) is 0 Å². The van der Waals surface area contributed by atoms with Crippen LogP contribution in [0.25, 0.3) is 0 Å². The highest BCUT2D eigenvalue weighted by molar-refractivity contribution is 5.76. The van der Waals surface area contributed by atoms with Crippen LogP contribution in [0.1, 0.15) is 23.8 Å². The summed E-state index contributed by atoms with van der Waals surface area (Å²) in [5, 5.41) is 2.90. The molecule has 3 rings (SSSR count). The summed E-state index contributed by atoms with van der Waals surface area (Å²) in [4.78, 5) is 12.3. The molecule has 2 heterocycles. The van der Waals surface area contributed by atoms with Crippen molar-refractivity contribution >= 4 is 5.91 Å². The molecule has 0 spiro atoms. The first-order chi connectivity index (χ1) is 11.8. The third-order valence-electron chi connectivity index (χ3n) is 3.91. The number of rotatable bonds is 7. The molecule has 1 N–H and O–H groups in total. The first-order valence-corrected chi connectivity index (χ1v) is 7.82. The third-order valence-corrected chi connectivity index (χ3v) is 3.91. The average molecular weight is 324 g/mol. The van der Waals surface area contributed by atoms with Crippen LogP contribution >= 0.6 is 0 Å². The molecule has 1 aromatic carbocycles. The van der Waals surface area contributed by atoms with Crippen molar-refractivity contribution in [2.45, 2.75) is 19.0 Å². The van der Waals surface area contributed by atoms with Crippen LogP contribution in [0.15, 0.2) is 71.6 Å². The van der Waals surface area contributed by atoms with Crippen molar-refractivity contribution in [3.8, 4) is 5.75 Å². The quantitative estimate of drug-likeness (QED) is 0.725. The molecule has 0 saturated heterocycles. The van der Waals surface area contributed by atoms with Gasteiger partial charge >= 0.3 is 0 Å². The van der Waals surface area contributed by atoms with Crippen LogP contribution in [0.4, 0.5) is 0 Å². The third kappa shape index (κ3) is 3.87. The van der Waals surface area contributed by atoms with Crippen LogP contribution in [0.5, 0.6) is 5.75 Å². The van der Waals surface area contributed by atoms with E-state index in [1.807, 2.05) is 65.5 Å². The van der Waals surface area contributed by atoms with Crippen molar-refractivity contribution in [2.75, 3.05) is 7.11 Å². The molecule has 124 valence electrons. The molecule has 0 radical (unpaired) electrons. The number of benzene rings is 1. The fourth-order valence-corrected chi connectivity index (χ4v) is 2.62. The van der Waals surface area contributed by atoms with E-state index in [1.54, 1.807) is 13.4 Å². The minimum atomic E-state index is -0.0671. The second-order valence-electron chi connectivity index (χ2n) is 5.48. The first kappa shape index (κ1) is 15.9. The van der Waals surface area contributed by atoms with Gasteiger partial charge in [0.1, 0.15) is 11.5 Å². The molecule has 5 heteroatoms. The van der Waals surface area contributed by atoms with Crippen molar-refractivity contribution in [3.63, 3.8) is 0 Å². The lowest BCUT2D eigenvalue weighted by molar-refractivity contribution is -0.121. The predicted octanol–water partition coefficient (Wildman–Crippen LogP) is 3.39. The molecule has 3 aromatic rings. The van der Waals surface area contributed by atoms with E-state index in [-0.39, 0.29) is 11.9 Å². The van der Waals surface area contributed by atoms with Crippen molar-refractivity contribution in [3.05, 3.63) is 78.5 Å². The summed E-state index contributed by atoms with van der Waals surface area (Å²) in [6, 6.07) is 15.3. The Hall–Kier alpha value is -2.95. The zero-order chi connectivity index (χ0) is 16.8. The van der Waals surface area contributed by atoms with Gasteiger partial charge in [-0.1, -0.05) is 12.1 Å². The topological polar surface area (TPSA) is 56.4 Å². The van der Waals surface area contributed by atoms with E-state index in [0.29, 0.717) is 13.0 Å². The number of hydrogen-bond acceptors (Lipinski definition) is 3. The summed E-state index contributed by atoms with van der Waals surface area (Å²) in [7, 11) is 1.64. The molecule has 24 heavy (non-hydrogen) atoms. The fraction of sp³-hybridized carbons (Fsp3) is 0.211. The summed E-state index contributed by atoms with van der Waals surface area (Å²) >= 11 is 0. The van der Waals surface area contributed by atoms with E-state index in [9.17, 15) is 4.79 Å². The zero-order valence-corrected chi connectivity index (χ0v) is 13.5. The number of nitrogens with zero attached hydrogens (tertiary/aromatic N) is 1. The van der Waals surface area contributed by atoms with Crippen molar-refractivity contribution in [1.82, 2.24) is 9.88 Å². The molecule has 5 nitrogen and oxygen atoms in total. The highest BCUT2D eigenvalue weighted by Gasteiger charge is 2.17. The Morgan fingerprint density at radius 1 is 1.17 bits per heavy atom. The van der Waals surface area contributed by atoms with E-state index in [0.717, 1.165) is 17.1 Å². The molecule has 1 amide bonds. The van der Waals surface area contributed by atoms with Gasteiger partial charge in [0.2, 0.25) is 5.91 Å². The van der Waals surface area contributed by atoms with E-state index >= 15 is 0 Å². The Morgan fingerprint density at radius 2 is 1.92 bits per heavy atom. The molecular formula is C19H20N2O3. The Labute approximate surface area is 140 Å². The number of methoxy groups -OCH3 is 1. The number of carbonyl (C=O) groups is 1. The first-order valence-electron chi connectivity index (χ1n) is 7.82. The summed E-state index contributed by atoms with van der Waals surface area (Å²) in [6.07, 6.45) is 5.88. The van der Waals surface area contributed by atoms with Gasteiger partial charge in [-0.15, -0.1) is 0 Å². The van der Waals surface area contributed by atoms with Gasteiger partial charge in [-0.2, -0.15) is 0 Å². The van der Waals surface area contributed by atoms with Crippen molar-refractivity contribution < 1.29 is 13.9 Å². The second-order valence-corrected chi connectivity index (χ2v) is 5.48. The Bertz CT molecular complexity index is 747. The highest BCUT2D eigenvalue weighted by Crippen LogP contribution is 2.24. The Kier molecular flexibility index (Phi) is 5.01. The van der Waals surface area contributed by atoms with E-state index in [4.69, 9.17) is 9.15 Å². The Balaban J connectivity index is 1.71. The van der Waals surface area contributed by atoms with Gasteiger partial charge in [-0.3, -0.25) is 4.79 Å². The summed E-state index contributed by atoms with van der Waals surface area (Å²) in [5.41, 5.74) is 1.06. The smallest absolute Gasteiger partial charge is 0.222 e. The predicted molar refractivity (Wildman–Crippen MR) is 90.7 cm³/mol. The van der Waals surface area contributed by atoms with Crippen LogP contribution in [0, 0.1) is 0 Å². The van der Waals surface area contributed by atoms with Gasteiger partial charge in [0, 0.05) is 12.4 Å². The van der Waals surface area contributed by atoms with E-state index < -0.39 is 0 Å². The number of aromatic nitrogens is 1. The number of carbonyl (C=O) groups excluding carboxylic acids is 1. The van der Waals surface area contributed by atoms with Crippen molar-refractivity contribution in [1.29, 1.82) is 0 Å². The summed E-state index contributed by atoms with van der Waals surface area (Å²) in [5.74, 6) is 1.51. The van der Waals surface area contributed by atoms with Crippen LogP contribution in [-0.2, 0) is 11.3 Å². The maximum absolute atomic E-state index is 12.3. The largest absolute Gasteiger partial charge is 0.497 e. The van der Waals surface area contributed by atoms with Gasteiger partial charge in [0.15, 0.2) is 0 Å². The van der Waals surface area contributed by atoms with Crippen LogP contribution in [-0.4, -0.2) is 17.6 Å². The molecule has 0 bridgehead atoms. The van der Waals surface area contributed by atoms with Gasteiger partial charge < -0.3 is 19.0 Å². The fourth-order valence-electron chi connectivity index (χ4n) is 2.62. The second kappa shape index (κ2) is 7.55. The van der Waals surface area contributed by atoms with E-state index in [1.165, 1.54) is 0 Å². The standard InChI is InChI=1S/C19H20N2O3/c1-23-16-8-6-15(7-9-16)18(21-10-2-3-11-21)13-19(22)20-14-17-5-4-12-24-17/h2-12,18H,13-14H2,1H3,(H,20,22). The van der Waals surface area contributed by atoms with Gasteiger partial charge in [0.25, 0.3) is 0 Å². The van der Waals surface area contributed by atoms with Gasteiger partial charge in [0.05, 0.1) is 32.4 Å². The highest BCUT2D eigenvalue weighted by atomic mass is 16.5. The summed E-state index contributed by atoms with van der Waals surface area (Å²) < 4.78 is 12.5. The minimum absolute atomic E-state index is 0.0269. The number of amides is 1. The Morgan fingerprint density at radius 3 is 2.54 bits per heavy atom. The number of nitrogens with one attached hydrogen (secondary N) is 1. The summed E-state index contributed by atoms with van der Waals surface area (Å²) in [6.45, 7) is 0.396. The molecule has 0 fully saturated rings. The van der Waals surface area contributed by atoms with Gasteiger partial charge in [-0.05, 0) is 42.0 Å². The molecule has 0 aliphatic heterocycles. The lowest BCUT2D eigenvalue weighted by atomic mass is 10.0. The maximum atomic E-state index is 12.3. The molecule has 1 unspecified atom stereocenters.